The van der Waals surface area contributed by atoms with Gasteiger partial charge in [0, 0.05) is 25.0 Å². The zero-order valence-corrected chi connectivity index (χ0v) is 9.28. The maximum Gasteiger partial charge on any atom is 0.0949 e. The van der Waals surface area contributed by atoms with Crippen molar-refractivity contribution >= 4 is 0 Å². The SMILES string of the molecule is CCCc1cncn1CC1CNCCO1. The topological polar surface area (TPSA) is 39.1 Å². The molecule has 1 saturated heterocycles. The molecular weight excluding hydrogens is 190 g/mol. The standard InChI is InChI=1S/C11H19N3O/c1-2-3-10-6-13-9-14(10)8-11-7-12-4-5-15-11/h6,9,11-12H,2-5,7-8H2,1H3. The van der Waals surface area contributed by atoms with Gasteiger partial charge in [0.05, 0.1) is 25.6 Å². The molecule has 0 aromatic carbocycles. The van der Waals surface area contributed by atoms with E-state index in [1.807, 2.05) is 12.5 Å². The molecule has 4 heteroatoms. The van der Waals surface area contributed by atoms with Gasteiger partial charge >= 0.3 is 0 Å². The molecule has 0 saturated carbocycles. The van der Waals surface area contributed by atoms with Gasteiger partial charge in [-0.15, -0.1) is 0 Å². The largest absolute Gasteiger partial charge is 0.374 e. The van der Waals surface area contributed by atoms with Gasteiger partial charge in [-0.2, -0.15) is 0 Å². The number of ether oxygens (including phenoxy) is 1. The summed E-state index contributed by atoms with van der Waals surface area (Å²) in [5.74, 6) is 0. The average Bonchev–Trinajstić information content (AvgIpc) is 2.68. The average molecular weight is 209 g/mol. The van der Waals surface area contributed by atoms with E-state index in [0.717, 1.165) is 39.1 Å². The fraction of sp³-hybridized carbons (Fsp3) is 0.727. The van der Waals surface area contributed by atoms with Crippen molar-refractivity contribution in [1.29, 1.82) is 0 Å². The van der Waals surface area contributed by atoms with Crippen LogP contribution in [0, 0.1) is 0 Å². The van der Waals surface area contributed by atoms with E-state index >= 15 is 0 Å². The van der Waals surface area contributed by atoms with Crippen LogP contribution in [-0.2, 0) is 17.7 Å². The van der Waals surface area contributed by atoms with Gasteiger partial charge in [0.2, 0.25) is 0 Å². The van der Waals surface area contributed by atoms with Gasteiger partial charge in [-0.3, -0.25) is 0 Å². The first-order valence-electron chi connectivity index (χ1n) is 5.71. The number of morpholine rings is 1. The number of hydrogen-bond donors (Lipinski definition) is 1. The Kier molecular flexibility index (Phi) is 3.75. The summed E-state index contributed by atoms with van der Waals surface area (Å²) in [5.41, 5.74) is 1.31. The van der Waals surface area contributed by atoms with Crippen LogP contribution < -0.4 is 5.32 Å². The van der Waals surface area contributed by atoms with Gasteiger partial charge < -0.3 is 14.6 Å². The molecule has 1 fully saturated rings. The van der Waals surface area contributed by atoms with Crippen LogP contribution >= 0.6 is 0 Å². The number of aromatic nitrogens is 2. The van der Waals surface area contributed by atoms with Crippen molar-refractivity contribution in [2.45, 2.75) is 32.4 Å². The quantitative estimate of drug-likeness (QED) is 0.798. The third kappa shape index (κ3) is 2.79. The molecule has 2 rings (SSSR count). The molecule has 1 unspecified atom stereocenters. The van der Waals surface area contributed by atoms with E-state index in [1.54, 1.807) is 0 Å². The highest BCUT2D eigenvalue weighted by atomic mass is 16.5. The number of nitrogens with one attached hydrogen (secondary N) is 1. The first-order chi connectivity index (χ1) is 7.40. The Hall–Kier alpha value is -0.870. The number of hydrogen-bond acceptors (Lipinski definition) is 3. The minimum absolute atomic E-state index is 0.295. The smallest absolute Gasteiger partial charge is 0.0949 e. The predicted octanol–water partition coefficient (Wildman–Crippen LogP) is 0.824. The van der Waals surface area contributed by atoms with Crippen LogP contribution in [0.3, 0.4) is 0 Å². The van der Waals surface area contributed by atoms with Crippen LogP contribution in [0.15, 0.2) is 12.5 Å². The Bertz CT molecular complexity index is 292. The van der Waals surface area contributed by atoms with Crippen LogP contribution in [0.25, 0.3) is 0 Å². The summed E-state index contributed by atoms with van der Waals surface area (Å²) in [6, 6.07) is 0. The lowest BCUT2D eigenvalue weighted by molar-refractivity contribution is 0.0178. The van der Waals surface area contributed by atoms with Gasteiger partial charge in [0.1, 0.15) is 0 Å². The molecule has 1 atom stereocenters. The normalized spacial score (nSPS) is 21.8. The summed E-state index contributed by atoms with van der Waals surface area (Å²) >= 11 is 0. The lowest BCUT2D eigenvalue weighted by Gasteiger charge is -2.24. The molecule has 0 bridgehead atoms. The van der Waals surface area contributed by atoms with Crippen molar-refractivity contribution in [2.24, 2.45) is 0 Å². The number of aryl methyl sites for hydroxylation is 1. The molecule has 84 valence electrons. The van der Waals surface area contributed by atoms with Gasteiger partial charge in [0.15, 0.2) is 0 Å². The van der Waals surface area contributed by atoms with Gasteiger partial charge in [-0.05, 0) is 6.42 Å². The van der Waals surface area contributed by atoms with Crippen molar-refractivity contribution in [3.05, 3.63) is 18.2 Å². The monoisotopic (exact) mass is 209 g/mol. The molecule has 15 heavy (non-hydrogen) atoms. The Morgan fingerprint density at radius 1 is 1.67 bits per heavy atom. The Morgan fingerprint density at radius 3 is 3.33 bits per heavy atom. The van der Waals surface area contributed by atoms with E-state index in [4.69, 9.17) is 4.74 Å². The molecule has 0 amide bonds. The first-order valence-corrected chi connectivity index (χ1v) is 5.71. The minimum atomic E-state index is 0.295. The molecule has 0 aliphatic carbocycles. The maximum absolute atomic E-state index is 5.67. The molecule has 1 N–H and O–H groups in total. The fourth-order valence-electron chi connectivity index (χ4n) is 1.93. The van der Waals surface area contributed by atoms with Gasteiger partial charge in [-0.25, -0.2) is 4.98 Å². The molecule has 1 aromatic rings. The second-order valence-corrected chi connectivity index (χ2v) is 3.98. The summed E-state index contributed by atoms with van der Waals surface area (Å²) in [7, 11) is 0. The summed E-state index contributed by atoms with van der Waals surface area (Å²) < 4.78 is 7.88. The van der Waals surface area contributed by atoms with Gasteiger partial charge in [-0.1, -0.05) is 13.3 Å². The Labute approximate surface area is 90.6 Å². The molecule has 4 nitrogen and oxygen atoms in total. The van der Waals surface area contributed by atoms with E-state index in [2.05, 4.69) is 21.8 Å². The summed E-state index contributed by atoms with van der Waals surface area (Å²) in [6.45, 7) is 5.85. The minimum Gasteiger partial charge on any atom is -0.374 e. The van der Waals surface area contributed by atoms with Crippen LogP contribution in [0.2, 0.25) is 0 Å². The summed E-state index contributed by atoms with van der Waals surface area (Å²) in [6.07, 6.45) is 6.42. The zero-order chi connectivity index (χ0) is 10.5. The number of nitrogens with zero attached hydrogens (tertiary/aromatic N) is 2. The molecule has 0 spiro atoms. The van der Waals surface area contributed by atoms with Crippen LogP contribution in [0.4, 0.5) is 0 Å². The highest BCUT2D eigenvalue weighted by molar-refractivity contribution is 4.98. The third-order valence-corrected chi connectivity index (χ3v) is 2.71. The van der Waals surface area contributed by atoms with E-state index < -0.39 is 0 Å². The van der Waals surface area contributed by atoms with Crippen LogP contribution in [0.1, 0.15) is 19.0 Å². The van der Waals surface area contributed by atoms with Gasteiger partial charge in [0.25, 0.3) is 0 Å². The molecule has 0 radical (unpaired) electrons. The molecule has 1 aliphatic heterocycles. The predicted molar refractivity (Wildman–Crippen MR) is 58.8 cm³/mol. The number of imidazole rings is 1. The molecule has 1 aliphatic rings. The van der Waals surface area contributed by atoms with E-state index in [-0.39, 0.29) is 0 Å². The molecular formula is C11H19N3O. The second kappa shape index (κ2) is 5.28. The fourth-order valence-corrected chi connectivity index (χ4v) is 1.93. The van der Waals surface area contributed by atoms with Crippen LogP contribution in [-0.4, -0.2) is 35.4 Å². The first kappa shape index (κ1) is 10.6. The summed E-state index contributed by atoms with van der Waals surface area (Å²) in [4.78, 5) is 4.19. The Morgan fingerprint density at radius 2 is 2.60 bits per heavy atom. The zero-order valence-electron chi connectivity index (χ0n) is 9.28. The van der Waals surface area contributed by atoms with Crippen molar-refractivity contribution in [3.63, 3.8) is 0 Å². The highest BCUT2D eigenvalue weighted by Gasteiger charge is 2.14. The lowest BCUT2D eigenvalue weighted by Crippen LogP contribution is -2.40. The van der Waals surface area contributed by atoms with Crippen LogP contribution in [0.5, 0.6) is 0 Å². The lowest BCUT2D eigenvalue weighted by atomic mass is 10.2. The summed E-state index contributed by atoms with van der Waals surface area (Å²) in [5, 5.41) is 3.34. The van der Waals surface area contributed by atoms with E-state index in [1.165, 1.54) is 5.69 Å². The van der Waals surface area contributed by atoms with E-state index in [9.17, 15) is 0 Å². The van der Waals surface area contributed by atoms with Crippen molar-refractivity contribution < 1.29 is 4.74 Å². The third-order valence-electron chi connectivity index (χ3n) is 2.71. The maximum atomic E-state index is 5.67. The van der Waals surface area contributed by atoms with Crippen molar-refractivity contribution in [3.8, 4) is 0 Å². The second-order valence-electron chi connectivity index (χ2n) is 3.98. The van der Waals surface area contributed by atoms with E-state index in [0.29, 0.717) is 6.10 Å². The van der Waals surface area contributed by atoms with Crippen molar-refractivity contribution in [2.75, 3.05) is 19.7 Å². The molecule has 2 heterocycles. The van der Waals surface area contributed by atoms with Crippen molar-refractivity contribution in [1.82, 2.24) is 14.9 Å². The Balaban J connectivity index is 1.93. The molecule has 1 aromatic heterocycles. The highest BCUT2D eigenvalue weighted by Crippen LogP contribution is 2.06. The number of rotatable bonds is 4.